The van der Waals surface area contributed by atoms with E-state index in [4.69, 9.17) is 5.73 Å². The third-order valence-corrected chi connectivity index (χ3v) is 3.13. The molecule has 3 rings (SSSR count). The molecule has 2 N–H and O–H groups in total. The average molecular weight is 267 g/mol. The smallest absolute Gasteiger partial charge is 0.143 e. The number of nitrogens with two attached hydrogens (primary N) is 1. The SMILES string of the molecule is Nc1cccc(Cn2ccnc2-c2ccccc2F)c1. The molecule has 3 aromatic rings. The Morgan fingerprint density at radius 2 is 1.95 bits per heavy atom. The van der Waals surface area contributed by atoms with Gasteiger partial charge in [-0.1, -0.05) is 24.3 Å². The summed E-state index contributed by atoms with van der Waals surface area (Å²) in [4.78, 5) is 4.26. The number of hydrogen-bond donors (Lipinski definition) is 1. The van der Waals surface area contributed by atoms with Crippen molar-refractivity contribution in [2.45, 2.75) is 6.54 Å². The molecule has 0 saturated carbocycles. The van der Waals surface area contributed by atoms with Crippen LogP contribution in [0.5, 0.6) is 0 Å². The Morgan fingerprint density at radius 3 is 2.75 bits per heavy atom. The van der Waals surface area contributed by atoms with Crippen LogP contribution in [0.4, 0.5) is 10.1 Å². The van der Waals surface area contributed by atoms with Gasteiger partial charge >= 0.3 is 0 Å². The second kappa shape index (κ2) is 5.17. The first-order valence-electron chi connectivity index (χ1n) is 6.34. The zero-order valence-electron chi connectivity index (χ0n) is 10.8. The Labute approximate surface area is 116 Å². The molecule has 0 spiro atoms. The van der Waals surface area contributed by atoms with E-state index in [-0.39, 0.29) is 5.82 Å². The highest BCUT2D eigenvalue weighted by Gasteiger charge is 2.10. The van der Waals surface area contributed by atoms with E-state index in [1.54, 1.807) is 24.4 Å². The molecular weight excluding hydrogens is 253 g/mol. The van der Waals surface area contributed by atoms with Crippen molar-refractivity contribution in [1.82, 2.24) is 9.55 Å². The van der Waals surface area contributed by atoms with Crippen molar-refractivity contribution in [1.29, 1.82) is 0 Å². The number of nitrogen functional groups attached to an aromatic ring is 1. The predicted molar refractivity (Wildman–Crippen MR) is 77.6 cm³/mol. The molecule has 4 heteroatoms. The number of anilines is 1. The summed E-state index contributed by atoms with van der Waals surface area (Å²) >= 11 is 0. The van der Waals surface area contributed by atoms with Crippen molar-refractivity contribution in [3.8, 4) is 11.4 Å². The molecule has 0 fully saturated rings. The van der Waals surface area contributed by atoms with Crippen molar-refractivity contribution >= 4 is 5.69 Å². The van der Waals surface area contributed by atoms with E-state index < -0.39 is 0 Å². The van der Waals surface area contributed by atoms with Crippen LogP contribution < -0.4 is 5.73 Å². The van der Waals surface area contributed by atoms with Crippen LogP contribution in [0.25, 0.3) is 11.4 Å². The van der Waals surface area contributed by atoms with Crippen molar-refractivity contribution in [2.75, 3.05) is 5.73 Å². The first-order valence-corrected chi connectivity index (χ1v) is 6.34. The summed E-state index contributed by atoms with van der Waals surface area (Å²) in [7, 11) is 0. The normalized spacial score (nSPS) is 10.7. The predicted octanol–water partition coefficient (Wildman–Crippen LogP) is 3.32. The number of benzene rings is 2. The third kappa shape index (κ3) is 2.40. The number of nitrogens with zero attached hydrogens (tertiary/aromatic N) is 2. The first kappa shape index (κ1) is 12.4. The second-order valence-corrected chi connectivity index (χ2v) is 4.60. The monoisotopic (exact) mass is 267 g/mol. The molecule has 0 atom stereocenters. The van der Waals surface area contributed by atoms with Gasteiger partial charge in [0.1, 0.15) is 11.6 Å². The lowest BCUT2D eigenvalue weighted by Gasteiger charge is -2.09. The van der Waals surface area contributed by atoms with Crippen molar-refractivity contribution in [3.05, 3.63) is 72.3 Å². The Kier molecular flexibility index (Phi) is 3.21. The molecular formula is C16H14FN3. The zero-order valence-corrected chi connectivity index (χ0v) is 10.8. The summed E-state index contributed by atoms with van der Waals surface area (Å²) < 4.78 is 15.8. The molecule has 0 aliphatic heterocycles. The summed E-state index contributed by atoms with van der Waals surface area (Å²) in [6, 6.07) is 14.3. The molecule has 3 nitrogen and oxygen atoms in total. The van der Waals surface area contributed by atoms with E-state index in [9.17, 15) is 4.39 Å². The summed E-state index contributed by atoms with van der Waals surface area (Å²) in [5.41, 5.74) is 8.05. The lowest BCUT2D eigenvalue weighted by atomic mass is 10.1. The van der Waals surface area contributed by atoms with Gasteiger partial charge in [-0.15, -0.1) is 0 Å². The molecule has 0 amide bonds. The fraction of sp³-hybridized carbons (Fsp3) is 0.0625. The van der Waals surface area contributed by atoms with Crippen LogP contribution in [0.15, 0.2) is 60.9 Å². The van der Waals surface area contributed by atoms with Crippen LogP contribution in [0.2, 0.25) is 0 Å². The van der Waals surface area contributed by atoms with Gasteiger partial charge in [-0.05, 0) is 29.8 Å². The maximum Gasteiger partial charge on any atom is 0.143 e. The quantitative estimate of drug-likeness (QED) is 0.740. The van der Waals surface area contributed by atoms with Gasteiger partial charge < -0.3 is 10.3 Å². The molecule has 0 unspecified atom stereocenters. The van der Waals surface area contributed by atoms with Gasteiger partial charge in [0.25, 0.3) is 0 Å². The number of halogens is 1. The van der Waals surface area contributed by atoms with Gasteiger partial charge in [-0.3, -0.25) is 0 Å². The average Bonchev–Trinajstić information content (AvgIpc) is 2.87. The minimum Gasteiger partial charge on any atom is -0.399 e. The third-order valence-electron chi connectivity index (χ3n) is 3.13. The zero-order chi connectivity index (χ0) is 13.9. The van der Waals surface area contributed by atoms with Crippen molar-refractivity contribution in [3.63, 3.8) is 0 Å². The fourth-order valence-electron chi connectivity index (χ4n) is 2.21. The van der Waals surface area contributed by atoms with E-state index in [2.05, 4.69) is 4.98 Å². The van der Waals surface area contributed by atoms with Crippen molar-refractivity contribution < 1.29 is 4.39 Å². The molecule has 0 bridgehead atoms. The molecule has 0 radical (unpaired) electrons. The molecule has 20 heavy (non-hydrogen) atoms. The topological polar surface area (TPSA) is 43.8 Å². The molecule has 2 aromatic carbocycles. The van der Waals surface area contributed by atoms with Crippen LogP contribution in [0.1, 0.15) is 5.56 Å². The summed E-state index contributed by atoms with van der Waals surface area (Å²) in [5.74, 6) is 0.345. The maximum absolute atomic E-state index is 13.9. The molecule has 1 heterocycles. The largest absolute Gasteiger partial charge is 0.399 e. The van der Waals surface area contributed by atoms with Gasteiger partial charge in [0, 0.05) is 24.6 Å². The van der Waals surface area contributed by atoms with Gasteiger partial charge in [0.05, 0.1) is 5.56 Å². The number of rotatable bonds is 3. The fourth-order valence-corrected chi connectivity index (χ4v) is 2.21. The van der Waals surface area contributed by atoms with E-state index in [1.165, 1.54) is 6.07 Å². The van der Waals surface area contributed by atoms with Gasteiger partial charge in [0.2, 0.25) is 0 Å². The molecule has 0 aliphatic rings. The van der Waals surface area contributed by atoms with Crippen LogP contribution in [0, 0.1) is 5.82 Å². The minimum absolute atomic E-state index is 0.271. The lowest BCUT2D eigenvalue weighted by molar-refractivity contribution is 0.628. The van der Waals surface area contributed by atoms with E-state index in [0.717, 1.165) is 11.3 Å². The summed E-state index contributed by atoms with van der Waals surface area (Å²) in [6.07, 6.45) is 3.51. The second-order valence-electron chi connectivity index (χ2n) is 4.60. The highest BCUT2D eigenvalue weighted by atomic mass is 19.1. The highest BCUT2D eigenvalue weighted by Crippen LogP contribution is 2.21. The van der Waals surface area contributed by atoms with Crippen molar-refractivity contribution in [2.24, 2.45) is 0 Å². The van der Waals surface area contributed by atoms with Crippen LogP contribution >= 0.6 is 0 Å². The van der Waals surface area contributed by atoms with Crippen LogP contribution in [-0.4, -0.2) is 9.55 Å². The summed E-state index contributed by atoms with van der Waals surface area (Å²) in [6.45, 7) is 0.606. The van der Waals surface area contributed by atoms with E-state index in [0.29, 0.717) is 17.9 Å². The Morgan fingerprint density at radius 1 is 1.10 bits per heavy atom. The number of aromatic nitrogens is 2. The Hall–Kier alpha value is -2.62. The Bertz CT molecular complexity index is 734. The molecule has 0 aliphatic carbocycles. The number of imidazole rings is 1. The number of hydrogen-bond acceptors (Lipinski definition) is 2. The lowest BCUT2D eigenvalue weighted by Crippen LogP contribution is -2.02. The molecule has 100 valence electrons. The summed E-state index contributed by atoms with van der Waals surface area (Å²) in [5, 5.41) is 0. The maximum atomic E-state index is 13.9. The van der Waals surface area contributed by atoms with Crippen LogP contribution in [0.3, 0.4) is 0 Å². The van der Waals surface area contributed by atoms with E-state index >= 15 is 0 Å². The Balaban J connectivity index is 1.97. The van der Waals surface area contributed by atoms with Gasteiger partial charge in [-0.2, -0.15) is 0 Å². The highest BCUT2D eigenvalue weighted by molar-refractivity contribution is 5.56. The molecule has 1 aromatic heterocycles. The van der Waals surface area contributed by atoms with Crippen LogP contribution in [-0.2, 0) is 6.54 Å². The minimum atomic E-state index is -0.271. The standard InChI is InChI=1S/C16H14FN3/c17-15-7-2-1-6-14(15)16-19-8-9-20(16)11-12-4-3-5-13(18)10-12/h1-10H,11,18H2. The molecule has 0 saturated heterocycles. The van der Waals surface area contributed by atoms with Gasteiger partial charge in [-0.25, -0.2) is 9.37 Å². The van der Waals surface area contributed by atoms with Gasteiger partial charge in [0.15, 0.2) is 0 Å². The first-order chi connectivity index (χ1) is 9.74. The van der Waals surface area contributed by atoms with E-state index in [1.807, 2.05) is 35.0 Å².